The van der Waals surface area contributed by atoms with Gasteiger partial charge in [-0.2, -0.15) is 18.2 Å². The van der Waals surface area contributed by atoms with E-state index in [1.54, 1.807) is 23.5 Å². The van der Waals surface area contributed by atoms with Gasteiger partial charge in [-0.25, -0.2) is 4.79 Å². The van der Waals surface area contributed by atoms with E-state index in [9.17, 15) is 32.7 Å². The zero-order chi connectivity index (χ0) is 27.7. The number of benzene rings is 1. The van der Waals surface area contributed by atoms with Gasteiger partial charge in [0, 0.05) is 23.1 Å². The summed E-state index contributed by atoms with van der Waals surface area (Å²) in [7, 11) is 0. The molecule has 1 aliphatic rings. The van der Waals surface area contributed by atoms with E-state index in [1.807, 2.05) is 0 Å². The molecule has 38 heavy (non-hydrogen) atoms. The highest BCUT2D eigenvalue weighted by molar-refractivity contribution is 6.04. The van der Waals surface area contributed by atoms with E-state index >= 15 is 0 Å². The zero-order valence-electron chi connectivity index (χ0n) is 19.4. The molecule has 1 saturated heterocycles. The van der Waals surface area contributed by atoms with Crippen LogP contribution in [0, 0.1) is 11.8 Å². The smallest absolute Gasteiger partial charge is 0.394 e. The highest BCUT2D eigenvalue weighted by Gasteiger charge is 2.38. The summed E-state index contributed by atoms with van der Waals surface area (Å²) in [6.07, 6.45) is -6.50. The molecule has 0 bridgehead atoms. The van der Waals surface area contributed by atoms with E-state index in [0.717, 1.165) is 4.57 Å². The lowest BCUT2D eigenvalue weighted by atomic mass is 10.2. The maximum absolute atomic E-state index is 12.8. The first kappa shape index (κ1) is 28.2. The molecule has 13 nitrogen and oxygen atoms in total. The number of halogens is 3. The number of aromatic nitrogens is 2. The summed E-state index contributed by atoms with van der Waals surface area (Å²) >= 11 is 0. The lowest BCUT2D eigenvalue weighted by Gasteiger charge is -2.16. The topological polar surface area (TPSA) is 181 Å². The van der Waals surface area contributed by atoms with Crippen molar-refractivity contribution < 1.29 is 37.3 Å². The van der Waals surface area contributed by atoms with Crippen LogP contribution in [0.4, 0.5) is 19.0 Å². The second-order valence-electron chi connectivity index (χ2n) is 7.61. The number of amides is 2. The summed E-state index contributed by atoms with van der Waals surface area (Å²) in [6.45, 7) is -1.51. The number of azide groups is 1. The van der Waals surface area contributed by atoms with Crippen LogP contribution < -0.4 is 16.3 Å². The molecular formula is C22H20F3N7O6. The maximum atomic E-state index is 12.8. The first-order chi connectivity index (χ1) is 18.1. The van der Waals surface area contributed by atoms with E-state index in [1.165, 1.54) is 18.3 Å². The molecule has 200 valence electrons. The Morgan fingerprint density at radius 1 is 1.34 bits per heavy atom. The van der Waals surface area contributed by atoms with Gasteiger partial charge in [-0.1, -0.05) is 35.2 Å². The van der Waals surface area contributed by atoms with Crippen LogP contribution in [0.2, 0.25) is 0 Å². The molecule has 16 heteroatoms. The third-order valence-electron chi connectivity index (χ3n) is 5.12. The molecule has 0 radical (unpaired) electrons. The number of hydrogen-bond donors (Lipinski definition) is 3. The van der Waals surface area contributed by atoms with E-state index in [2.05, 4.69) is 32.2 Å². The van der Waals surface area contributed by atoms with E-state index in [0.29, 0.717) is 0 Å². The van der Waals surface area contributed by atoms with Crippen LogP contribution in [-0.4, -0.2) is 64.7 Å². The predicted molar refractivity (Wildman–Crippen MR) is 123 cm³/mol. The van der Waals surface area contributed by atoms with Gasteiger partial charge < -0.3 is 25.2 Å². The van der Waals surface area contributed by atoms with E-state index in [-0.39, 0.29) is 30.1 Å². The quantitative estimate of drug-likeness (QED) is 0.198. The van der Waals surface area contributed by atoms with Crippen molar-refractivity contribution in [3.8, 4) is 11.8 Å². The number of carbonyl (C=O) groups excluding carboxylic acids is 2. The fraction of sp³-hybridized carbons (Fsp3) is 0.364. The molecule has 1 fully saturated rings. The highest BCUT2D eigenvalue weighted by Crippen LogP contribution is 2.30. The van der Waals surface area contributed by atoms with Gasteiger partial charge in [0.2, 0.25) is 0 Å². The Kier molecular flexibility index (Phi) is 9.41. The lowest BCUT2D eigenvalue weighted by Crippen LogP contribution is -2.36. The number of aliphatic hydroxyl groups excluding tert-OH is 1. The molecular weight excluding hydrogens is 515 g/mol. The van der Waals surface area contributed by atoms with Crippen molar-refractivity contribution in [2.24, 2.45) is 5.11 Å². The summed E-state index contributed by atoms with van der Waals surface area (Å²) in [5, 5.41) is 16.9. The number of hydrogen-bond acceptors (Lipinski definition) is 8. The largest absolute Gasteiger partial charge is 0.471 e. The van der Waals surface area contributed by atoms with E-state index in [4.69, 9.17) is 15.0 Å². The molecule has 1 aromatic heterocycles. The van der Waals surface area contributed by atoms with Gasteiger partial charge in [-0.3, -0.25) is 14.2 Å². The second-order valence-corrected chi connectivity index (χ2v) is 7.61. The van der Waals surface area contributed by atoms with Crippen LogP contribution in [0.15, 0.2) is 46.4 Å². The number of nitrogens with zero attached hydrogens (tertiary/aromatic N) is 5. The molecule has 0 unspecified atom stereocenters. The fourth-order valence-electron chi connectivity index (χ4n) is 3.36. The summed E-state index contributed by atoms with van der Waals surface area (Å²) in [5.74, 6) is 1.71. The molecule has 0 aliphatic carbocycles. The number of carbonyl (C=O) groups is 2. The monoisotopic (exact) mass is 535 g/mol. The average Bonchev–Trinajstić information content (AvgIpc) is 3.30. The predicted octanol–water partition coefficient (Wildman–Crippen LogP) is 1.46. The van der Waals surface area contributed by atoms with Crippen molar-refractivity contribution in [2.45, 2.75) is 31.0 Å². The van der Waals surface area contributed by atoms with Crippen molar-refractivity contribution in [3.63, 3.8) is 0 Å². The minimum Gasteiger partial charge on any atom is -0.394 e. The van der Waals surface area contributed by atoms with Crippen molar-refractivity contribution >= 4 is 17.6 Å². The SMILES string of the molecule is [N-]=[N+]=NCO[C@H]1C[C@@H](n2cc(C#CCNC(=O)C(F)(F)F)c(NC(=O)c3ccccc3)nc2=O)O[C@H]1CO. The van der Waals surface area contributed by atoms with Crippen molar-refractivity contribution in [1.29, 1.82) is 0 Å². The minimum atomic E-state index is -5.09. The third kappa shape index (κ3) is 7.31. The number of aliphatic hydroxyl groups is 1. The Morgan fingerprint density at radius 3 is 2.74 bits per heavy atom. The first-order valence-electron chi connectivity index (χ1n) is 10.9. The highest BCUT2D eigenvalue weighted by atomic mass is 19.4. The fourth-order valence-corrected chi connectivity index (χ4v) is 3.36. The molecule has 2 amide bonds. The van der Waals surface area contributed by atoms with Gasteiger partial charge in [-0.05, 0) is 17.7 Å². The Balaban J connectivity index is 1.90. The number of ether oxygens (including phenoxy) is 2. The van der Waals surface area contributed by atoms with Gasteiger partial charge in [0.1, 0.15) is 19.1 Å². The Hall–Kier alpha value is -4.42. The van der Waals surface area contributed by atoms with Crippen LogP contribution in [-0.2, 0) is 14.3 Å². The van der Waals surface area contributed by atoms with Gasteiger partial charge >= 0.3 is 17.8 Å². The van der Waals surface area contributed by atoms with Gasteiger partial charge in [0.25, 0.3) is 5.91 Å². The molecule has 3 N–H and O–H groups in total. The molecule has 0 spiro atoms. The van der Waals surface area contributed by atoms with Crippen LogP contribution in [0.3, 0.4) is 0 Å². The van der Waals surface area contributed by atoms with Crippen LogP contribution in [0.25, 0.3) is 10.4 Å². The summed E-state index contributed by atoms with van der Waals surface area (Å²) in [6, 6.07) is 7.92. The maximum Gasteiger partial charge on any atom is 0.471 e. The molecule has 2 aromatic rings. The molecule has 3 rings (SSSR count). The molecule has 3 atom stereocenters. The van der Waals surface area contributed by atoms with Crippen LogP contribution in [0.1, 0.15) is 28.6 Å². The first-order valence-corrected chi connectivity index (χ1v) is 10.9. The van der Waals surface area contributed by atoms with Gasteiger partial charge in [-0.15, -0.1) is 0 Å². The summed E-state index contributed by atoms with van der Waals surface area (Å²) in [4.78, 5) is 42.8. The normalized spacial score (nSPS) is 18.6. The number of anilines is 1. The molecule has 2 heterocycles. The van der Waals surface area contributed by atoms with E-state index < -0.39 is 55.3 Å². The van der Waals surface area contributed by atoms with Crippen molar-refractivity contribution in [1.82, 2.24) is 14.9 Å². The molecule has 0 saturated carbocycles. The summed E-state index contributed by atoms with van der Waals surface area (Å²) in [5.41, 5.74) is 7.69. The number of nitrogens with one attached hydrogen (secondary N) is 2. The molecule has 1 aliphatic heterocycles. The lowest BCUT2D eigenvalue weighted by molar-refractivity contribution is -0.173. The third-order valence-corrected chi connectivity index (χ3v) is 5.12. The Morgan fingerprint density at radius 2 is 2.08 bits per heavy atom. The average molecular weight is 535 g/mol. The minimum absolute atomic E-state index is 0.0397. The number of alkyl halides is 3. The van der Waals surface area contributed by atoms with Crippen molar-refractivity contribution in [3.05, 3.63) is 68.6 Å². The summed E-state index contributed by atoms with van der Waals surface area (Å²) < 4.78 is 49.3. The second kappa shape index (κ2) is 12.7. The zero-order valence-corrected chi connectivity index (χ0v) is 19.4. The number of rotatable bonds is 8. The van der Waals surface area contributed by atoms with Crippen LogP contribution in [0.5, 0.6) is 0 Å². The standard InChI is InChI=1S/C22H20F3N7O6/c23-22(24,25)20(35)27-8-4-7-14-10-32(17-9-15(16(11-33)38-17)37-12-28-31-26)21(36)30-18(14)29-19(34)13-5-2-1-3-6-13/h1-3,5-6,10,15-17,33H,8-9,11-12H2,(H,27,35)(H,29,30,34,36)/t15-,16-,17-/m0/s1. The van der Waals surface area contributed by atoms with Crippen molar-refractivity contribution in [2.75, 3.05) is 25.2 Å². The van der Waals surface area contributed by atoms with Gasteiger partial charge in [0.15, 0.2) is 5.82 Å². The Bertz CT molecular complexity index is 1330. The molecule has 1 aromatic carbocycles. The van der Waals surface area contributed by atoms with Crippen LogP contribution >= 0.6 is 0 Å². The van der Waals surface area contributed by atoms with Gasteiger partial charge in [0.05, 0.1) is 24.8 Å². The Labute approximate surface area is 212 Å².